The molecule has 6 heteroatoms. The quantitative estimate of drug-likeness (QED) is 0.190. The first-order chi connectivity index (χ1) is 15.2. The predicted octanol–water partition coefficient (Wildman–Crippen LogP) is 6.28. The Morgan fingerprint density at radius 3 is 2.65 bits per heavy atom. The SMILES string of the molecule is Cc1sc2nc(SCCOc3cccc4ccccc34)[nH]c(=O)c2c1-c1ccccc1. The molecule has 0 aliphatic heterocycles. The second-order valence-electron chi connectivity index (χ2n) is 7.12. The van der Waals surface area contributed by atoms with E-state index in [-0.39, 0.29) is 5.56 Å². The molecule has 154 valence electrons. The predicted molar refractivity (Wildman–Crippen MR) is 131 cm³/mol. The molecule has 5 rings (SSSR count). The number of H-pyrrole nitrogens is 1. The van der Waals surface area contributed by atoms with Crippen molar-refractivity contribution < 1.29 is 4.74 Å². The Hall–Kier alpha value is -3.09. The lowest BCUT2D eigenvalue weighted by Crippen LogP contribution is -2.09. The van der Waals surface area contributed by atoms with Crippen LogP contribution in [-0.4, -0.2) is 22.3 Å². The van der Waals surface area contributed by atoms with Crippen molar-refractivity contribution in [1.82, 2.24) is 9.97 Å². The molecule has 1 N–H and O–H groups in total. The molecule has 0 aliphatic carbocycles. The van der Waals surface area contributed by atoms with Gasteiger partial charge in [-0.1, -0.05) is 78.5 Å². The minimum Gasteiger partial charge on any atom is -0.492 e. The first-order valence-corrected chi connectivity index (χ1v) is 11.8. The molecule has 31 heavy (non-hydrogen) atoms. The highest BCUT2D eigenvalue weighted by molar-refractivity contribution is 7.99. The molecule has 0 unspecified atom stereocenters. The minimum atomic E-state index is -0.0920. The van der Waals surface area contributed by atoms with Gasteiger partial charge in [0.05, 0.1) is 12.0 Å². The molecule has 0 aliphatic rings. The summed E-state index contributed by atoms with van der Waals surface area (Å²) in [6, 6.07) is 24.2. The molecule has 4 nitrogen and oxygen atoms in total. The number of ether oxygens (including phenoxy) is 1. The van der Waals surface area contributed by atoms with E-state index in [2.05, 4.69) is 23.2 Å². The Labute approximate surface area is 187 Å². The maximum atomic E-state index is 12.9. The van der Waals surface area contributed by atoms with Crippen LogP contribution in [0.1, 0.15) is 4.88 Å². The monoisotopic (exact) mass is 444 g/mol. The maximum absolute atomic E-state index is 12.9. The average Bonchev–Trinajstić information content (AvgIpc) is 3.13. The summed E-state index contributed by atoms with van der Waals surface area (Å²) in [5.74, 6) is 1.56. The summed E-state index contributed by atoms with van der Waals surface area (Å²) >= 11 is 3.06. The number of thiophene rings is 1. The molecule has 0 bridgehead atoms. The molecule has 0 amide bonds. The van der Waals surface area contributed by atoms with E-state index in [4.69, 9.17) is 9.72 Å². The summed E-state index contributed by atoms with van der Waals surface area (Å²) in [5.41, 5.74) is 1.93. The Kier molecular flexibility index (Phi) is 5.49. The van der Waals surface area contributed by atoms with Crippen molar-refractivity contribution in [3.63, 3.8) is 0 Å². The van der Waals surface area contributed by atoms with Crippen molar-refractivity contribution in [2.75, 3.05) is 12.4 Å². The van der Waals surface area contributed by atoms with Gasteiger partial charge in [-0.25, -0.2) is 4.98 Å². The lowest BCUT2D eigenvalue weighted by Gasteiger charge is -2.09. The van der Waals surface area contributed by atoms with Gasteiger partial charge in [-0.05, 0) is 23.9 Å². The van der Waals surface area contributed by atoms with Crippen molar-refractivity contribution in [3.8, 4) is 16.9 Å². The van der Waals surface area contributed by atoms with E-state index in [9.17, 15) is 4.79 Å². The van der Waals surface area contributed by atoms with Crippen molar-refractivity contribution in [2.45, 2.75) is 12.1 Å². The lowest BCUT2D eigenvalue weighted by molar-refractivity contribution is 0.348. The van der Waals surface area contributed by atoms with Gasteiger partial charge >= 0.3 is 0 Å². The van der Waals surface area contributed by atoms with Crippen LogP contribution in [0.15, 0.2) is 82.7 Å². The molecule has 0 radical (unpaired) electrons. The van der Waals surface area contributed by atoms with E-state index < -0.39 is 0 Å². The number of fused-ring (bicyclic) bond motifs is 2. The highest BCUT2D eigenvalue weighted by Gasteiger charge is 2.16. The highest BCUT2D eigenvalue weighted by Crippen LogP contribution is 2.36. The first-order valence-electron chi connectivity index (χ1n) is 10.0. The second-order valence-corrected chi connectivity index (χ2v) is 9.41. The number of hydrogen-bond donors (Lipinski definition) is 1. The molecule has 2 heterocycles. The van der Waals surface area contributed by atoms with Crippen molar-refractivity contribution in [2.24, 2.45) is 0 Å². The largest absolute Gasteiger partial charge is 0.492 e. The van der Waals surface area contributed by atoms with E-state index in [0.717, 1.165) is 37.4 Å². The lowest BCUT2D eigenvalue weighted by atomic mass is 10.0. The van der Waals surface area contributed by atoms with Gasteiger partial charge < -0.3 is 9.72 Å². The van der Waals surface area contributed by atoms with Crippen LogP contribution in [0.25, 0.3) is 32.1 Å². The van der Waals surface area contributed by atoms with E-state index in [1.54, 1.807) is 11.3 Å². The Balaban J connectivity index is 1.33. The normalized spacial score (nSPS) is 11.3. The molecule has 2 aromatic heterocycles. The molecule has 5 aromatic rings. The summed E-state index contributed by atoms with van der Waals surface area (Å²) in [7, 11) is 0. The summed E-state index contributed by atoms with van der Waals surface area (Å²) in [4.78, 5) is 22.4. The second kappa shape index (κ2) is 8.57. The standard InChI is InChI=1S/C25H20N2O2S2/c1-16-21(18-9-3-2-4-10-18)22-23(28)26-25(27-24(22)31-16)30-15-14-29-20-13-7-11-17-8-5-6-12-19(17)20/h2-13H,14-15H2,1H3,(H,26,27,28). The van der Waals surface area contributed by atoms with Crippen LogP contribution in [0.5, 0.6) is 5.75 Å². The summed E-state index contributed by atoms with van der Waals surface area (Å²) in [5, 5.41) is 3.56. The molecule has 0 saturated heterocycles. The fraction of sp³-hybridized carbons (Fsp3) is 0.120. The van der Waals surface area contributed by atoms with Gasteiger partial charge in [0.1, 0.15) is 10.6 Å². The van der Waals surface area contributed by atoms with E-state index in [0.29, 0.717) is 22.9 Å². The summed E-state index contributed by atoms with van der Waals surface area (Å²) in [6.45, 7) is 2.57. The van der Waals surface area contributed by atoms with E-state index >= 15 is 0 Å². The van der Waals surface area contributed by atoms with Crippen LogP contribution in [0.4, 0.5) is 0 Å². The zero-order chi connectivity index (χ0) is 21.2. The van der Waals surface area contributed by atoms with Crippen LogP contribution in [0.3, 0.4) is 0 Å². The first kappa shape index (κ1) is 19.8. The highest BCUT2D eigenvalue weighted by atomic mass is 32.2. The molecule has 0 saturated carbocycles. The molecule has 0 spiro atoms. The fourth-order valence-corrected chi connectivity index (χ4v) is 5.52. The van der Waals surface area contributed by atoms with Gasteiger partial charge in [0.15, 0.2) is 5.16 Å². The number of nitrogens with one attached hydrogen (secondary N) is 1. The van der Waals surface area contributed by atoms with E-state index in [1.807, 2.05) is 61.5 Å². The van der Waals surface area contributed by atoms with Crippen LogP contribution < -0.4 is 10.3 Å². The maximum Gasteiger partial charge on any atom is 0.260 e. The van der Waals surface area contributed by atoms with Crippen molar-refractivity contribution in [1.29, 1.82) is 0 Å². The zero-order valence-corrected chi connectivity index (χ0v) is 18.6. The Morgan fingerprint density at radius 1 is 1.00 bits per heavy atom. The number of nitrogens with zero attached hydrogens (tertiary/aromatic N) is 1. The van der Waals surface area contributed by atoms with Gasteiger partial charge in [0.2, 0.25) is 0 Å². The number of rotatable bonds is 6. The van der Waals surface area contributed by atoms with Gasteiger partial charge in [-0.3, -0.25) is 4.79 Å². The number of hydrogen-bond acceptors (Lipinski definition) is 5. The van der Waals surface area contributed by atoms with Gasteiger partial charge in [0.25, 0.3) is 5.56 Å². The topological polar surface area (TPSA) is 55.0 Å². The number of aryl methyl sites for hydroxylation is 1. The van der Waals surface area contributed by atoms with Gasteiger partial charge in [-0.15, -0.1) is 11.3 Å². The van der Waals surface area contributed by atoms with Crippen LogP contribution in [0.2, 0.25) is 0 Å². The third kappa shape index (κ3) is 3.96. The fourth-order valence-electron chi connectivity index (χ4n) is 3.73. The van der Waals surface area contributed by atoms with Crippen LogP contribution in [-0.2, 0) is 0 Å². The summed E-state index contributed by atoms with van der Waals surface area (Å²) < 4.78 is 6.00. The average molecular weight is 445 g/mol. The number of aromatic nitrogens is 2. The molecule has 0 fully saturated rings. The van der Waals surface area contributed by atoms with Gasteiger partial charge in [0, 0.05) is 21.6 Å². The Morgan fingerprint density at radius 2 is 1.77 bits per heavy atom. The number of aromatic amines is 1. The molecule has 3 aromatic carbocycles. The minimum absolute atomic E-state index is 0.0920. The smallest absolute Gasteiger partial charge is 0.260 e. The summed E-state index contributed by atoms with van der Waals surface area (Å²) in [6.07, 6.45) is 0. The van der Waals surface area contributed by atoms with Gasteiger partial charge in [-0.2, -0.15) is 0 Å². The number of thioether (sulfide) groups is 1. The zero-order valence-electron chi connectivity index (χ0n) is 16.9. The van der Waals surface area contributed by atoms with Crippen LogP contribution >= 0.6 is 23.1 Å². The molecule has 0 atom stereocenters. The molecular weight excluding hydrogens is 424 g/mol. The third-order valence-corrected chi connectivity index (χ3v) is 6.94. The molecular formula is C25H20N2O2S2. The number of benzene rings is 3. The van der Waals surface area contributed by atoms with E-state index in [1.165, 1.54) is 11.8 Å². The Bertz CT molecular complexity index is 1420. The van der Waals surface area contributed by atoms with Crippen molar-refractivity contribution >= 4 is 44.1 Å². The van der Waals surface area contributed by atoms with Crippen molar-refractivity contribution in [3.05, 3.63) is 88.0 Å². The van der Waals surface area contributed by atoms with Crippen LogP contribution in [0, 0.1) is 6.92 Å². The third-order valence-electron chi connectivity index (χ3n) is 5.11.